The molecule has 0 aliphatic carbocycles. The lowest BCUT2D eigenvalue weighted by Crippen LogP contribution is -2.50. The van der Waals surface area contributed by atoms with Crippen molar-refractivity contribution in [1.82, 2.24) is 29.4 Å². The van der Waals surface area contributed by atoms with E-state index in [-0.39, 0.29) is 29.4 Å². The van der Waals surface area contributed by atoms with E-state index >= 15 is 0 Å². The molecule has 11 heteroatoms. The number of carbonyl (C=O) groups is 1. The van der Waals surface area contributed by atoms with E-state index < -0.39 is 23.3 Å². The summed E-state index contributed by atoms with van der Waals surface area (Å²) in [4.78, 5) is 19.5. The molecule has 7 nitrogen and oxygen atoms in total. The Morgan fingerprint density at radius 2 is 1.81 bits per heavy atom. The van der Waals surface area contributed by atoms with E-state index in [1.165, 1.54) is 27.8 Å². The molecule has 2 aromatic heterocycles. The molecule has 0 saturated carbocycles. The summed E-state index contributed by atoms with van der Waals surface area (Å²) in [6, 6.07) is 7.18. The summed E-state index contributed by atoms with van der Waals surface area (Å²) in [7, 11) is 1.66. The Morgan fingerprint density at radius 3 is 2.56 bits per heavy atom. The predicted octanol–water partition coefficient (Wildman–Crippen LogP) is 4.52. The first kappa shape index (κ1) is 22.4. The lowest BCUT2D eigenvalue weighted by atomic mass is 9.81. The summed E-state index contributed by atoms with van der Waals surface area (Å²) < 4.78 is 58.0. The molecule has 2 bridgehead atoms. The van der Waals surface area contributed by atoms with Crippen LogP contribution >= 0.6 is 0 Å². The molecule has 1 amide bonds. The van der Waals surface area contributed by atoms with Crippen molar-refractivity contribution in [1.29, 1.82) is 0 Å². The predicted molar refractivity (Wildman–Crippen MR) is 120 cm³/mol. The second-order valence-electron chi connectivity index (χ2n) is 9.10. The molecule has 0 spiro atoms. The van der Waals surface area contributed by atoms with Crippen molar-refractivity contribution in [2.24, 2.45) is 7.05 Å². The van der Waals surface area contributed by atoms with E-state index in [1.54, 1.807) is 24.1 Å². The van der Waals surface area contributed by atoms with E-state index in [0.717, 1.165) is 30.5 Å². The highest BCUT2D eigenvalue weighted by atomic mass is 19.2. The Kier molecular flexibility index (Phi) is 5.16. The van der Waals surface area contributed by atoms with Gasteiger partial charge in [-0.15, -0.1) is 5.10 Å². The smallest absolute Gasteiger partial charge is 0.294 e. The zero-order valence-electron chi connectivity index (χ0n) is 19.1. The quantitative estimate of drug-likeness (QED) is 0.309. The number of halogens is 4. The lowest BCUT2D eigenvalue weighted by Gasteiger charge is -2.44. The fraction of sp³-hybridized carbons (Fsp3) is 0.280. The monoisotopic (exact) mass is 496 g/mol. The minimum absolute atomic E-state index is 0.0153. The molecule has 1 fully saturated rings. The molecule has 4 aromatic rings. The van der Waals surface area contributed by atoms with Crippen LogP contribution in [-0.4, -0.2) is 41.4 Å². The molecule has 0 N–H and O–H groups in total. The number of aromatic nitrogens is 5. The average Bonchev–Trinajstić information content (AvgIpc) is 3.46. The number of hydrogen-bond donors (Lipinski definition) is 0. The number of amides is 1. The van der Waals surface area contributed by atoms with Crippen molar-refractivity contribution < 1.29 is 22.4 Å². The maximum Gasteiger partial charge on any atom is 0.294 e. The number of carbonyl (C=O) groups excluding carboxylic acids is 1. The van der Waals surface area contributed by atoms with Gasteiger partial charge in [-0.3, -0.25) is 9.48 Å². The molecule has 184 valence electrons. The summed E-state index contributed by atoms with van der Waals surface area (Å²) in [5, 5.41) is 8.90. The average molecular weight is 496 g/mol. The van der Waals surface area contributed by atoms with Crippen molar-refractivity contribution in [3.05, 3.63) is 83.1 Å². The topological polar surface area (TPSA) is 68.8 Å². The second kappa shape index (κ2) is 8.28. The summed E-state index contributed by atoms with van der Waals surface area (Å²) in [6.45, 7) is 0. The van der Waals surface area contributed by atoms with Gasteiger partial charge in [-0.1, -0.05) is 6.07 Å². The van der Waals surface area contributed by atoms with Gasteiger partial charge in [-0.05, 0) is 56.0 Å². The van der Waals surface area contributed by atoms with Crippen LogP contribution in [-0.2, 0) is 13.5 Å². The normalized spacial score (nSPS) is 18.9. The van der Waals surface area contributed by atoms with E-state index in [9.17, 15) is 22.4 Å². The largest absolute Gasteiger partial charge is 0.324 e. The summed E-state index contributed by atoms with van der Waals surface area (Å²) in [5.41, 5.74) is 2.57. The van der Waals surface area contributed by atoms with Crippen molar-refractivity contribution in [2.75, 3.05) is 0 Å². The third-order valence-electron chi connectivity index (χ3n) is 6.92. The molecule has 0 unspecified atom stereocenters. The van der Waals surface area contributed by atoms with Crippen molar-refractivity contribution in [2.45, 2.75) is 37.8 Å². The molecule has 2 aliphatic heterocycles. The molecule has 6 rings (SSSR count). The van der Waals surface area contributed by atoms with Gasteiger partial charge in [0.15, 0.2) is 17.5 Å². The van der Waals surface area contributed by atoms with Gasteiger partial charge >= 0.3 is 0 Å². The highest BCUT2D eigenvalue weighted by Crippen LogP contribution is 2.45. The van der Waals surface area contributed by atoms with Crippen molar-refractivity contribution >= 4 is 5.91 Å². The van der Waals surface area contributed by atoms with Crippen LogP contribution in [0.4, 0.5) is 17.6 Å². The molecule has 4 heterocycles. The summed E-state index contributed by atoms with van der Waals surface area (Å²) in [6.07, 6.45) is 4.06. The zero-order valence-corrected chi connectivity index (χ0v) is 19.1. The fourth-order valence-corrected chi connectivity index (χ4v) is 5.42. The number of piperidine rings is 1. The Labute approximate surface area is 203 Å². The van der Waals surface area contributed by atoms with Crippen LogP contribution in [0, 0.1) is 23.3 Å². The Bertz CT molecular complexity index is 1490. The first-order chi connectivity index (χ1) is 17.3. The van der Waals surface area contributed by atoms with Crippen LogP contribution in [0.5, 0.6) is 0 Å². The number of hydrogen-bond acceptors (Lipinski definition) is 4. The Morgan fingerprint density at radius 1 is 1.03 bits per heavy atom. The maximum absolute atomic E-state index is 14.0. The molecular formula is C25H20F4N6O. The first-order valence-corrected chi connectivity index (χ1v) is 11.5. The van der Waals surface area contributed by atoms with Gasteiger partial charge in [-0.2, -0.15) is 5.10 Å². The number of fused-ring (bicyclic) bond motifs is 4. The number of rotatable bonds is 3. The van der Waals surface area contributed by atoms with Crippen LogP contribution in [0.1, 0.15) is 47.2 Å². The number of benzene rings is 2. The van der Waals surface area contributed by atoms with E-state index in [0.29, 0.717) is 29.9 Å². The highest BCUT2D eigenvalue weighted by molar-refractivity contribution is 5.91. The van der Waals surface area contributed by atoms with Gasteiger partial charge in [-0.25, -0.2) is 27.2 Å². The molecule has 0 radical (unpaired) electrons. The van der Waals surface area contributed by atoms with Crippen LogP contribution < -0.4 is 0 Å². The molecule has 2 aromatic carbocycles. The van der Waals surface area contributed by atoms with Crippen LogP contribution in [0.25, 0.3) is 16.9 Å². The fourth-order valence-electron chi connectivity index (χ4n) is 5.42. The molecule has 2 atom stereocenters. The second-order valence-corrected chi connectivity index (χ2v) is 9.10. The van der Waals surface area contributed by atoms with Crippen molar-refractivity contribution in [3.8, 4) is 16.9 Å². The standard InChI is InChI=1S/C25H20F4N6O/c1-33-23(13-8-18(27)21(29)19(28)9-13)17-11-16-6-3-7-20(22(17)31-33)35(16)25(36)24-30-12-34(32-24)15-5-2-4-14(26)10-15/h2,4-5,8-10,12,16,20H,3,6-7,11H2,1H3/t16-,20-/m1/s1. The van der Waals surface area contributed by atoms with Gasteiger partial charge in [0.25, 0.3) is 5.91 Å². The summed E-state index contributed by atoms with van der Waals surface area (Å²) in [5.74, 6) is -4.87. The lowest BCUT2D eigenvalue weighted by molar-refractivity contribution is 0.0379. The summed E-state index contributed by atoms with van der Waals surface area (Å²) >= 11 is 0. The SMILES string of the molecule is Cn1nc2c(c1-c1cc(F)c(F)c(F)c1)C[C@H]1CCC[C@H]2N1C(=O)c1ncn(-c2cccc(F)c2)n1. The van der Waals surface area contributed by atoms with Crippen LogP contribution in [0.3, 0.4) is 0 Å². The van der Waals surface area contributed by atoms with Crippen LogP contribution in [0.2, 0.25) is 0 Å². The van der Waals surface area contributed by atoms with Crippen molar-refractivity contribution in [3.63, 3.8) is 0 Å². The Hall–Kier alpha value is -4.02. The maximum atomic E-state index is 14.0. The van der Waals surface area contributed by atoms with Gasteiger partial charge in [0.05, 0.1) is 23.1 Å². The molecular weight excluding hydrogens is 476 g/mol. The zero-order chi connectivity index (χ0) is 25.1. The highest BCUT2D eigenvalue weighted by Gasteiger charge is 2.44. The minimum Gasteiger partial charge on any atom is -0.324 e. The van der Waals surface area contributed by atoms with Gasteiger partial charge < -0.3 is 4.90 Å². The van der Waals surface area contributed by atoms with Gasteiger partial charge in [0.1, 0.15) is 12.1 Å². The van der Waals surface area contributed by atoms with E-state index in [1.807, 2.05) is 0 Å². The van der Waals surface area contributed by atoms with E-state index in [4.69, 9.17) is 0 Å². The van der Waals surface area contributed by atoms with E-state index in [2.05, 4.69) is 15.2 Å². The molecule has 2 aliphatic rings. The Balaban J connectivity index is 1.37. The number of nitrogens with zero attached hydrogens (tertiary/aromatic N) is 6. The van der Waals surface area contributed by atoms with Crippen LogP contribution in [0.15, 0.2) is 42.7 Å². The minimum atomic E-state index is -1.52. The molecule has 1 saturated heterocycles. The van der Waals surface area contributed by atoms with Gasteiger partial charge in [0.2, 0.25) is 5.82 Å². The molecule has 36 heavy (non-hydrogen) atoms. The number of aryl methyl sites for hydroxylation is 1. The van der Waals surface area contributed by atoms with Gasteiger partial charge in [0, 0.05) is 24.2 Å². The third-order valence-corrected chi connectivity index (χ3v) is 6.92. The third kappa shape index (κ3) is 3.49. The first-order valence-electron chi connectivity index (χ1n) is 11.5.